The van der Waals surface area contributed by atoms with Crippen molar-refractivity contribution in [3.8, 4) is 0 Å². The van der Waals surface area contributed by atoms with E-state index in [1.807, 2.05) is 0 Å². The summed E-state index contributed by atoms with van der Waals surface area (Å²) in [4.78, 5) is 0. The van der Waals surface area contributed by atoms with E-state index in [0.29, 0.717) is 0 Å². The van der Waals surface area contributed by atoms with E-state index in [1.54, 1.807) is 0 Å². The van der Waals surface area contributed by atoms with Crippen molar-refractivity contribution in [1.29, 1.82) is 0 Å². The van der Waals surface area contributed by atoms with Crippen molar-refractivity contribution in [3.05, 3.63) is 11.1 Å². The maximum Gasteiger partial charge on any atom is -0.0440 e. The van der Waals surface area contributed by atoms with Crippen LogP contribution in [0, 0.1) is 5.92 Å². The fraction of sp³-hybridized carbons (Fsp3) is 0.818. The zero-order valence-corrected chi connectivity index (χ0v) is 9.28. The molecule has 0 heteroatoms. The zero-order chi connectivity index (χ0) is 9.44. The van der Waals surface area contributed by atoms with Gasteiger partial charge in [0.2, 0.25) is 0 Å². The summed E-state index contributed by atoms with van der Waals surface area (Å²) >= 11 is 0. The summed E-state index contributed by atoms with van der Waals surface area (Å²) in [6.45, 7) is 15.1. The maximum atomic E-state index is 2.22. The van der Waals surface area contributed by atoms with Gasteiger partial charge in [-0.3, -0.25) is 0 Å². The highest BCUT2D eigenvalue weighted by Crippen LogP contribution is 1.97. The van der Waals surface area contributed by atoms with Crippen LogP contribution in [0.5, 0.6) is 0 Å². The molecule has 0 atom stereocenters. The second-order valence-electron chi connectivity index (χ2n) is 3.80. The largest absolute Gasteiger partial charge is 0.0778 e. The van der Waals surface area contributed by atoms with Crippen LogP contribution in [0.1, 0.15) is 54.9 Å². The Kier molecular flexibility index (Phi) is 9.51. The number of hydrogen-bond acceptors (Lipinski definition) is 0. The van der Waals surface area contributed by atoms with E-state index >= 15 is 0 Å². The van der Waals surface area contributed by atoms with Gasteiger partial charge in [0.05, 0.1) is 0 Å². The lowest BCUT2D eigenvalue weighted by Gasteiger charge is -1.90. The van der Waals surface area contributed by atoms with Crippen molar-refractivity contribution in [2.45, 2.75) is 54.9 Å². The quantitative estimate of drug-likeness (QED) is 0.493. The summed E-state index contributed by atoms with van der Waals surface area (Å²) in [6.07, 6.45) is 1.31. The van der Waals surface area contributed by atoms with Gasteiger partial charge in [0.25, 0.3) is 0 Å². The Bertz CT molecular complexity index is 89.2. The molecule has 0 aliphatic carbocycles. The minimum absolute atomic E-state index is 0.884. The summed E-state index contributed by atoms with van der Waals surface area (Å²) in [7, 11) is 0. The highest BCUT2D eigenvalue weighted by Gasteiger charge is 1.80. The Morgan fingerprint density at radius 3 is 1.09 bits per heavy atom. The molecule has 68 valence electrons. The highest BCUT2D eigenvalue weighted by atomic mass is 13.9. The molecule has 0 saturated heterocycles. The predicted molar refractivity (Wildman–Crippen MR) is 54.9 cm³/mol. The van der Waals surface area contributed by atoms with E-state index in [0.717, 1.165) is 5.92 Å². The molecule has 0 N–H and O–H groups in total. The van der Waals surface area contributed by atoms with Crippen LogP contribution in [-0.2, 0) is 0 Å². The van der Waals surface area contributed by atoms with Gasteiger partial charge in [-0.15, -0.1) is 0 Å². The van der Waals surface area contributed by atoms with Crippen molar-refractivity contribution >= 4 is 0 Å². The molecule has 0 aliphatic heterocycles. The fourth-order valence-corrected chi connectivity index (χ4v) is 0. The SMILES string of the molecule is CC(C)=C(C)C.CCC(C)C. The molecule has 0 aromatic rings. The standard InChI is InChI=1S/C6H12.C5H12/c1-5(2)6(3)4;1-4-5(2)3/h1-4H3;5H,4H2,1-3H3. The summed E-state index contributed by atoms with van der Waals surface area (Å²) in [6, 6.07) is 0. The van der Waals surface area contributed by atoms with Gasteiger partial charge in [0.1, 0.15) is 0 Å². The van der Waals surface area contributed by atoms with Crippen LogP contribution in [0.4, 0.5) is 0 Å². The third kappa shape index (κ3) is 17.7. The van der Waals surface area contributed by atoms with Crippen LogP contribution < -0.4 is 0 Å². The molecule has 0 amide bonds. The zero-order valence-electron chi connectivity index (χ0n) is 9.28. The normalized spacial score (nSPS) is 8.73. The smallest absolute Gasteiger partial charge is 0.0440 e. The first-order valence-corrected chi connectivity index (χ1v) is 4.52. The molecule has 0 saturated carbocycles. The van der Waals surface area contributed by atoms with Gasteiger partial charge in [0.15, 0.2) is 0 Å². The fourth-order valence-electron chi connectivity index (χ4n) is 0. The molecule has 0 bridgehead atoms. The number of allylic oxidation sites excluding steroid dienone is 2. The highest BCUT2D eigenvalue weighted by molar-refractivity contribution is 5.02. The first-order valence-electron chi connectivity index (χ1n) is 4.52. The molecule has 0 unspecified atom stereocenters. The van der Waals surface area contributed by atoms with E-state index in [1.165, 1.54) is 17.6 Å². The van der Waals surface area contributed by atoms with Crippen LogP contribution in [-0.4, -0.2) is 0 Å². The molecular formula is C11H24. The Morgan fingerprint density at radius 1 is 0.909 bits per heavy atom. The first kappa shape index (κ1) is 13.3. The molecule has 0 heterocycles. The van der Waals surface area contributed by atoms with Gasteiger partial charge in [-0.05, 0) is 33.6 Å². The Morgan fingerprint density at radius 2 is 1.09 bits per heavy atom. The van der Waals surface area contributed by atoms with E-state index in [-0.39, 0.29) is 0 Å². The van der Waals surface area contributed by atoms with E-state index < -0.39 is 0 Å². The van der Waals surface area contributed by atoms with Crippen molar-refractivity contribution in [2.75, 3.05) is 0 Å². The second kappa shape index (κ2) is 7.84. The predicted octanol–water partition coefficient (Wildman–Crippen LogP) is 4.42. The first-order chi connectivity index (χ1) is 4.91. The van der Waals surface area contributed by atoms with Gasteiger partial charge in [-0.2, -0.15) is 0 Å². The molecule has 0 nitrogen and oxygen atoms in total. The van der Waals surface area contributed by atoms with Gasteiger partial charge in [-0.25, -0.2) is 0 Å². The van der Waals surface area contributed by atoms with Crippen molar-refractivity contribution in [3.63, 3.8) is 0 Å². The van der Waals surface area contributed by atoms with Gasteiger partial charge in [-0.1, -0.05) is 38.3 Å². The van der Waals surface area contributed by atoms with Crippen LogP contribution in [0.3, 0.4) is 0 Å². The molecule has 0 aliphatic rings. The van der Waals surface area contributed by atoms with Crippen LogP contribution in [0.15, 0.2) is 11.1 Å². The van der Waals surface area contributed by atoms with Gasteiger partial charge >= 0.3 is 0 Å². The number of hydrogen-bond donors (Lipinski definition) is 0. The minimum atomic E-state index is 0.884. The average molecular weight is 156 g/mol. The molecule has 0 aromatic carbocycles. The summed E-state index contributed by atoms with van der Waals surface area (Å²) < 4.78 is 0. The summed E-state index contributed by atoms with van der Waals surface area (Å²) in [5.74, 6) is 0.884. The lowest BCUT2D eigenvalue weighted by molar-refractivity contribution is 0.626. The molecular weight excluding hydrogens is 132 g/mol. The average Bonchev–Trinajstić information content (AvgIpc) is 1.89. The van der Waals surface area contributed by atoms with Gasteiger partial charge < -0.3 is 0 Å². The van der Waals surface area contributed by atoms with Crippen LogP contribution >= 0.6 is 0 Å². The van der Waals surface area contributed by atoms with Crippen LogP contribution in [0.2, 0.25) is 0 Å². The molecule has 0 fully saturated rings. The molecule has 0 radical (unpaired) electrons. The molecule has 0 rings (SSSR count). The maximum absolute atomic E-state index is 2.22. The summed E-state index contributed by atoms with van der Waals surface area (Å²) in [5, 5.41) is 0. The van der Waals surface area contributed by atoms with Crippen molar-refractivity contribution < 1.29 is 0 Å². The Labute approximate surface area is 72.7 Å². The topological polar surface area (TPSA) is 0 Å². The van der Waals surface area contributed by atoms with Crippen LogP contribution in [0.25, 0.3) is 0 Å². The van der Waals surface area contributed by atoms with E-state index in [2.05, 4.69) is 48.5 Å². The third-order valence-corrected chi connectivity index (χ3v) is 1.82. The monoisotopic (exact) mass is 156 g/mol. The van der Waals surface area contributed by atoms with Crippen molar-refractivity contribution in [1.82, 2.24) is 0 Å². The minimum Gasteiger partial charge on any atom is -0.0778 e. The van der Waals surface area contributed by atoms with E-state index in [4.69, 9.17) is 0 Å². The Hall–Kier alpha value is -0.260. The van der Waals surface area contributed by atoms with Crippen molar-refractivity contribution in [2.24, 2.45) is 5.92 Å². The second-order valence-corrected chi connectivity index (χ2v) is 3.80. The molecule has 0 aromatic heterocycles. The summed E-state index contributed by atoms with van der Waals surface area (Å²) in [5.41, 5.74) is 2.85. The van der Waals surface area contributed by atoms with Gasteiger partial charge in [0, 0.05) is 0 Å². The Balaban J connectivity index is 0. The third-order valence-electron chi connectivity index (χ3n) is 1.82. The molecule has 11 heavy (non-hydrogen) atoms. The number of rotatable bonds is 1. The van der Waals surface area contributed by atoms with E-state index in [9.17, 15) is 0 Å². The lowest BCUT2D eigenvalue weighted by atomic mass is 10.2. The molecule has 0 spiro atoms. The lowest BCUT2D eigenvalue weighted by Crippen LogP contribution is -1.77.